The average molecular weight is 246 g/mol. The maximum Gasteiger partial charge on any atom is 0.303 e. The smallest absolute Gasteiger partial charge is 0.303 e. The van der Waals surface area contributed by atoms with E-state index >= 15 is 0 Å². The number of aliphatic carboxylic acids is 1. The van der Waals surface area contributed by atoms with Gasteiger partial charge >= 0.3 is 5.97 Å². The van der Waals surface area contributed by atoms with Gasteiger partial charge in [-0.25, -0.2) is 0 Å². The molecule has 0 saturated carbocycles. The molecule has 2 unspecified atom stereocenters. The van der Waals surface area contributed by atoms with Crippen LogP contribution >= 0.6 is 0 Å². The number of carboxylic acid groups (broad SMARTS) is 1. The quantitative estimate of drug-likeness (QED) is 0.766. The molecule has 0 spiro atoms. The molecule has 5 nitrogen and oxygen atoms in total. The summed E-state index contributed by atoms with van der Waals surface area (Å²) >= 11 is 0. The molecule has 0 aromatic rings. The SMILES string of the molecule is CC1C[C@@H](O)C(C)O[C@H]1O[C@H](C)CCC(=O)O. The van der Waals surface area contributed by atoms with Crippen molar-refractivity contribution in [3.05, 3.63) is 0 Å². The molecule has 17 heavy (non-hydrogen) atoms. The van der Waals surface area contributed by atoms with Crippen LogP contribution in [0.3, 0.4) is 0 Å². The summed E-state index contributed by atoms with van der Waals surface area (Å²) in [5.74, 6) is -0.699. The van der Waals surface area contributed by atoms with E-state index in [1.54, 1.807) is 0 Å². The van der Waals surface area contributed by atoms with E-state index in [4.69, 9.17) is 14.6 Å². The van der Waals surface area contributed by atoms with Crippen LogP contribution < -0.4 is 0 Å². The number of rotatable bonds is 5. The summed E-state index contributed by atoms with van der Waals surface area (Å²) < 4.78 is 11.2. The van der Waals surface area contributed by atoms with Crippen molar-refractivity contribution in [3.8, 4) is 0 Å². The van der Waals surface area contributed by atoms with Gasteiger partial charge in [0.2, 0.25) is 0 Å². The second-order valence-corrected chi connectivity index (χ2v) is 4.87. The fourth-order valence-electron chi connectivity index (χ4n) is 1.91. The maximum absolute atomic E-state index is 10.4. The van der Waals surface area contributed by atoms with Gasteiger partial charge in [-0.1, -0.05) is 6.92 Å². The van der Waals surface area contributed by atoms with Crippen LogP contribution in [-0.4, -0.2) is 40.8 Å². The van der Waals surface area contributed by atoms with E-state index in [0.29, 0.717) is 12.8 Å². The fourth-order valence-corrected chi connectivity index (χ4v) is 1.91. The second kappa shape index (κ2) is 6.33. The van der Waals surface area contributed by atoms with Gasteiger partial charge in [-0.15, -0.1) is 0 Å². The van der Waals surface area contributed by atoms with Crippen LogP contribution in [0.4, 0.5) is 0 Å². The Labute approximate surface area is 102 Å². The van der Waals surface area contributed by atoms with Crippen molar-refractivity contribution in [3.63, 3.8) is 0 Å². The molecule has 1 aliphatic heterocycles. The Kier molecular flexibility index (Phi) is 5.36. The Hall–Kier alpha value is -0.650. The lowest BCUT2D eigenvalue weighted by Gasteiger charge is -2.37. The van der Waals surface area contributed by atoms with Gasteiger partial charge in [-0.3, -0.25) is 4.79 Å². The van der Waals surface area contributed by atoms with Gasteiger partial charge in [-0.05, 0) is 26.7 Å². The minimum absolute atomic E-state index is 0.0977. The molecule has 0 aromatic carbocycles. The van der Waals surface area contributed by atoms with Crippen LogP contribution in [-0.2, 0) is 14.3 Å². The minimum Gasteiger partial charge on any atom is -0.481 e. The molecule has 1 fully saturated rings. The summed E-state index contributed by atoms with van der Waals surface area (Å²) in [6.45, 7) is 5.62. The Morgan fingerprint density at radius 3 is 2.76 bits per heavy atom. The Morgan fingerprint density at radius 2 is 2.18 bits per heavy atom. The van der Waals surface area contributed by atoms with Crippen molar-refractivity contribution in [2.24, 2.45) is 5.92 Å². The van der Waals surface area contributed by atoms with E-state index < -0.39 is 12.1 Å². The first-order chi connectivity index (χ1) is 7.90. The van der Waals surface area contributed by atoms with Gasteiger partial charge in [0.1, 0.15) is 0 Å². The van der Waals surface area contributed by atoms with Gasteiger partial charge in [0.05, 0.1) is 18.3 Å². The first kappa shape index (κ1) is 14.4. The van der Waals surface area contributed by atoms with Crippen molar-refractivity contribution < 1.29 is 24.5 Å². The molecule has 2 N–H and O–H groups in total. The molecule has 0 aromatic heterocycles. The summed E-state index contributed by atoms with van der Waals surface area (Å²) in [5, 5.41) is 18.2. The van der Waals surface area contributed by atoms with E-state index in [2.05, 4.69) is 0 Å². The molecule has 5 heteroatoms. The molecule has 100 valence electrons. The highest BCUT2D eigenvalue weighted by molar-refractivity contribution is 5.66. The molecule has 1 rings (SSSR count). The van der Waals surface area contributed by atoms with Crippen LogP contribution in [0.1, 0.15) is 40.0 Å². The topological polar surface area (TPSA) is 76.0 Å². The van der Waals surface area contributed by atoms with E-state index in [-0.39, 0.29) is 30.8 Å². The van der Waals surface area contributed by atoms with Crippen molar-refractivity contribution in [1.29, 1.82) is 0 Å². The lowest BCUT2D eigenvalue weighted by atomic mass is 9.96. The molecular formula is C12H22O5. The van der Waals surface area contributed by atoms with Gasteiger partial charge < -0.3 is 19.7 Å². The van der Waals surface area contributed by atoms with Crippen molar-refractivity contribution >= 4 is 5.97 Å². The highest BCUT2D eigenvalue weighted by Crippen LogP contribution is 2.27. The van der Waals surface area contributed by atoms with E-state index in [1.807, 2.05) is 20.8 Å². The first-order valence-electron chi connectivity index (χ1n) is 6.11. The van der Waals surface area contributed by atoms with Crippen molar-refractivity contribution in [2.45, 2.75) is 64.6 Å². The zero-order valence-electron chi connectivity index (χ0n) is 10.6. The van der Waals surface area contributed by atoms with Crippen LogP contribution in [0.15, 0.2) is 0 Å². The summed E-state index contributed by atoms with van der Waals surface area (Å²) in [7, 11) is 0. The maximum atomic E-state index is 10.4. The Bertz CT molecular complexity index is 255. The van der Waals surface area contributed by atoms with Crippen LogP contribution in [0.2, 0.25) is 0 Å². The van der Waals surface area contributed by atoms with Crippen LogP contribution in [0.25, 0.3) is 0 Å². The van der Waals surface area contributed by atoms with Gasteiger partial charge in [0.25, 0.3) is 0 Å². The lowest BCUT2D eigenvalue weighted by Crippen LogP contribution is -2.44. The van der Waals surface area contributed by atoms with Crippen LogP contribution in [0, 0.1) is 5.92 Å². The molecule has 0 radical (unpaired) electrons. The average Bonchev–Trinajstić information content (AvgIpc) is 2.23. The standard InChI is InChI=1S/C12H22O5/c1-7-6-10(13)9(3)17-12(7)16-8(2)4-5-11(14)15/h7-10,12-13H,4-6H2,1-3H3,(H,14,15)/t7?,8-,9?,10-,12-/m1/s1. The molecular weight excluding hydrogens is 224 g/mol. The number of ether oxygens (including phenoxy) is 2. The molecule has 1 heterocycles. The van der Waals surface area contributed by atoms with Gasteiger partial charge in [-0.2, -0.15) is 0 Å². The third-order valence-electron chi connectivity index (χ3n) is 3.10. The molecule has 5 atom stereocenters. The molecule has 0 amide bonds. The molecule has 0 bridgehead atoms. The van der Waals surface area contributed by atoms with E-state index in [9.17, 15) is 9.90 Å². The number of hydrogen-bond donors (Lipinski definition) is 2. The third-order valence-corrected chi connectivity index (χ3v) is 3.10. The highest BCUT2D eigenvalue weighted by Gasteiger charge is 2.33. The number of carboxylic acids is 1. The number of aliphatic hydroxyl groups is 1. The summed E-state index contributed by atoms with van der Waals surface area (Å²) in [5.41, 5.74) is 0. The first-order valence-corrected chi connectivity index (χ1v) is 6.11. The van der Waals surface area contributed by atoms with Gasteiger partial charge in [0, 0.05) is 12.3 Å². The second-order valence-electron chi connectivity index (χ2n) is 4.87. The van der Waals surface area contributed by atoms with E-state index in [0.717, 1.165) is 0 Å². The molecule has 1 saturated heterocycles. The third kappa shape index (κ3) is 4.61. The summed E-state index contributed by atoms with van der Waals surface area (Å²) in [4.78, 5) is 10.4. The zero-order valence-corrected chi connectivity index (χ0v) is 10.6. The number of carbonyl (C=O) groups is 1. The van der Waals surface area contributed by atoms with Gasteiger partial charge in [0.15, 0.2) is 6.29 Å². The monoisotopic (exact) mass is 246 g/mol. The molecule has 0 aliphatic carbocycles. The van der Waals surface area contributed by atoms with Crippen molar-refractivity contribution in [2.75, 3.05) is 0 Å². The number of aliphatic hydroxyl groups excluding tert-OH is 1. The number of hydrogen-bond acceptors (Lipinski definition) is 4. The summed E-state index contributed by atoms with van der Waals surface area (Å²) in [6, 6.07) is 0. The Morgan fingerprint density at radius 1 is 1.53 bits per heavy atom. The van der Waals surface area contributed by atoms with Crippen molar-refractivity contribution in [1.82, 2.24) is 0 Å². The summed E-state index contributed by atoms with van der Waals surface area (Å²) in [6.07, 6.45) is 0.0387. The minimum atomic E-state index is -0.818. The lowest BCUT2D eigenvalue weighted by molar-refractivity contribution is -0.255. The predicted octanol–water partition coefficient (Wildman–Crippen LogP) is 1.39. The zero-order chi connectivity index (χ0) is 13.0. The Balaban J connectivity index is 2.37. The largest absolute Gasteiger partial charge is 0.481 e. The van der Waals surface area contributed by atoms with E-state index in [1.165, 1.54) is 0 Å². The molecule has 1 aliphatic rings. The fraction of sp³-hybridized carbons (Fsp3) is 0.917. The van der Waals surface area contributed by atoms with Crippen LogP contribution in [0.5, 0.6) is 0 Å². The highest BCUT2D eigenvalue weighted by atomic mass is 16.7. The predicted molar refractivity (Wildman–Crippen MR) is 61.5 cm³/mol. The normalized spacial score (nSPS) is 35.5.